The van der Waals surface area contributed by atoms with Gasteiger partial charge in [-0.3, -0.25) is 4.79 Å². The average molecular weight is 311 g/mol. The minimum Gasteiger partial charge on any atom is -0.466 e. The van der Waals surface area contributed by atoms with Crippen LogP contribution < -0.4 is 0 Å². The Balaban J connectivity index is 2.23. The number of carbonyl (C=O) groups is 1. The van der Waals surface area contributed by atoms with Crippen molar-refractivity contribution in [2.24, 2.45) is 7.05 Å². The van der Waals surface area contributed by atoms with Gasteiger partial charge in [-0.2, -0.15) is 13.2 Å². The highest BCUT2D eigenvalue weighted by Gasteiger charge is 2.30. The molecule has 22 heavy (non-hydrogen) atoms. The summed E-state index contributed by atoms with van der Waals surface area (Å²) >= 11 is 0. The minimum absolute atomic E-state index is 0.130. The molecule has 0 atom stereocenters. The van der Waals surface area contributed by atoms with E-state index < -0.39 is 11.7 Å². The molecule has 6 heteroatoms. The van der Waals surface area contributed by atoms with Crippen LogP contribution in [0.3, 0.4) is 0 Å². The lowest BCUT2D eigenvalue weighted by Crippen LogP contribution is -2.10. The van der Waals surface area contributed by atoms with E-state index in [1.807, 2.05) is 0 Å². The van der Waals surface area contributed by atoms with E-state index in [1.165, 1.54) is 12.1 Å². The Kier molecular flexibility index (Phi) is 4.59. The number of carbonyl (C=O) groups excluding carboxylic acids is 1. The number of benzene rings is 1. The first kappa shape index (κ1) is 16.1. The van der Waals surface area contributed by atoms with E-state index >= 15 is 0 Å². The lowest BCUT2D eigenvalue weighted by Gasteiger charge is -2.10. The molecule has 2 rings (SSSR count). The molecule has 0 aliphatic rings. The number of rotatable bonds is 4. The van der Waals surface area contributed by atoms with Gasteiger partial charge in [-0.05, 0) is 36.8 Å². The van der Waals surface area contributed by atoms with Crippen molar-refractivity contribution < 1.29 is 22.7 Å². The van der Waals surface area contributed by atoms with Crippen molar-refractivity contribution in [3.8, 4) is 11.3 Å². The van der Waals surface area contributed by atoms with E-state index in [0.717, 1.165) is 23.5 Å². The van der Waals surface area contributed by atoms with Crippen molar-refractivity contribution in [2.45, 2.75) is 19.5 Å². The molecule has 0 unspecified atom stereocenters. The van der Waals surface area contributed by atoms with E-state index in [1.54, 1.807) is 30.7 Å². The van der Waals surface area contributed by atoms with E-state index in [0.29, 0.717) is 12.2 Å². The van der Waals surface area contributed by atoms with Crippen molar-refractivity contribution in [1.29, 1.82) is 0 Å². The summed E-state index contributed by atoms with van der Waals surface area (Å²) in [5, 5.41) is 0. The molecule has 3 nitrogen and oxygen atoms in total. The number of halogens is 3. The van der Waals surface area contributed by atoms with Crippen LogP contribution in [-0.2, 0) is 29.2 Å². The normalized spacial score (nSPS) is 11.5. The highest BCUT2D eigenvalue weighted by molar-refractivity contribution is 5.73. The molecular weight excluding hydrogens is 295 g/mol. The maximum atomic E-state index is 12.6. The number of ether oxygens (including phenoxy) is 1. The van der Waals surface area contributed by atoms with Crippen LogP contribution in [0.15, 0.2) is 36.4 Å². The fraction of sp³-hybridized carbons (Fsp3) is 0.312. The molecule has 0 N–H and O–H groups in total. The van der Waals surface area contributed by atoms with Crippen molar-refractivity contribution >= 4 is 5.97 Å². The molecule has 0 saturated carbocycles. The first-order valence-electron chi connectivity index (χ1n) is 6.80. The lowest BCUT2D eigenvalue weighted by molar-refractivity contribution is -0.142. The molecule has 0 aliphatic heterocycles. The first-order valence-corrected chi connectivity index (χ1v) is 6.80. The SMILES string of the molecule is CCOC(=O)Cc1ccc(-c2ccc(C(F)(F)F)cc2)n1C. The smallest absolute Gasteiger partial charge is 0.416 e. The predicted octanol–water partition coefficient (Wildman–Crippen LogP) is 3.82. The predicted molar refractivity (Wildman–Crippen MR) is 76.2 cm³/mol. The van der Waals surface area contributed by atoms with Crippen LogP contribution in [0, 0.1) is 0 Å². The molecule has 2 aromatic rings. The summed E-state index contributed by atoms with van der Waals surface area (Å²) in [7, 11) is 1.77. The third kappa shape index (κ3) is 3.50. The van der Waals surface area contributed by atoms with Crippen molar-refractivity contribution in [3.05, 3.63) is 47.7 Å². The van der Waals surface area contributed by atoms with Crippen LogP contribution in [-0.4, -0.2) is 17.1 Å². The van der Waals surface area contributed by atoms with Crippen molar-refractivity contribution in [2.75, 3.05) is 6.61 Å². The molecule has 0 aliphatic carbocycles. The fourth-order valence-corrected chi connectivity index (χ4v) is 2.21. The summed E-state index contributed by atoms with van der Waals surface area (Å²) in [6, 6.07) is 8.49. The molecule has 0 spiro atoms. The van der Waals surface area contributed by atoms with E-state index in [9.17, 15) is 18.0 Å². The second kappa shape index (κ2) is 6.25. The molecule has 0 fully saturated rings. The minimum atomic E-state index is -4.35. The Labute approximate surface area is 126 Å². The van der Waals surface area contributed by atoms with Gasteiger partial charge in [0.1, 0.15) is 0 Å². The molecule has 0 radical (unpaired) electrons. The number of alkyl halides is 3. The van der Waals surface area contributed by atoms with Crippen LogP contribution in [0.2, 0.25) is 0 Å². The maximum Gasteiger partial charge on any atom is 0.416 e. The summed E-state index contributed by atoms with van der Waals surface area (Å²) in [5.74, 6) is -0.331. The highest BCUT2D eigenvalue weighted by Crippen LogP contribution is 2.31. The Bertz CT molecular complexity index is 657. The summed E-state index contributed by atoms with van der Waals surface area (Å²) in [6.07, 6.45) is -4.22. The van der Waals surface area contributed by atoms with Gasteiger partial charge in [0.25, 0.3) is 0 Å². The Morgan fingerprint density at radius 1 is 1.14 bits per heavy atom. The van der Waals surface area contributed by atoms with Gasteiger partial charge >= 0.3 is 12.1 Å². The monoisotopic (exact) mass is 311 g/mol. The summed E-state index contributed by atoms with van der Waals surface area (Å²) in [4.78, 5) is 11.5. The fourth-order valence-electron chi connectivity index (χ4n) is 2.21. The van der Waals surface area contributed by atoms with Gasteiger partial charge in [0.2, 0.25) is 0 Å². The second-order valence-corrected chi connectivity index (χ2v) is 4.83. The zero-order chi connectivity index (χ0) is 16.3. The van der Waals surface area contributed by atoms with Gasteiger partial charge in [0.15, 0.2) is 0 Å². The largest absolute Gasteiger partial charge is 0.466 e. The number of esters is 1. The summed E-state index contributed by atoms with van der Waals surface area (Å²) < 4.78 is 44.4. The molecule has 1 heterocycles. The number of hydrogen-bond donors (Lipinski definition) is 0. The van der Waals surface area contributed by atoms with Crippen molar-refractivity contribution in [3.63, 3.8) is 0 Å². The third-order valence-corrected chi connectivity index (χ3v) is 3.36. The van der Waals surface area contributed by atoms with Gasteiger partial charge < -0.3 is 9.30 Å². The molecule has 1 aromatic heterocycles. The Hall–Kier alpha value is -2.24. The van der Waals surface area contributed by atoms with E-state index in [-0.39, 0.29) is 12.4 Å². The number of hydrogen-bond acceptors (Lipinski definition) is 2. The molecule has 0 amide bonds. The topological polar surface area (TPSA) is 31.2 Å². The Morgan fingerprint density at radius 2 is 1.77 bits per heavy atom. The van der Waals surface area contributed by atoms with Gasteiger partial charge in [0.05, 0.1) is 18.6 Å². The summed E-state index contributed by atoms with van der Waals surface area (Å²) in [6.45, 7) is 2.05. The number of nitrogens with zero attached hydrogens (tertiary/aromatic N) is 1. The van der Waals surface area contributed by atoms with Crippen LogP contribution in [0.4, 0.5) is 13.2 Å². The average Bonchev–Trinajstić information content (AvgIpc) is 2.80. The van der Waals surface area contributed by atoms with Crippen LogP contribution in [0.5, 0.6) is 0 Å². The van der Waals surface area contributed by atoms with Crippen LogP contribution in [0.25, 0.3) is 11.3 Å². The zero-order valence-electron chi connectivity index (χ0n) is 12.3. The first-order chi connectivity index (χ1) is 10.3. The molecule has 0 bridgehead atoms. The van der Waals surface area contributed by atoms with Gasteiger partial charge in [-0.15, -0.1) is 0 Å². The van der Waals surface area contributed by atoms with Gasteiger partial charge in [0, 0.05) is 18.4 Å². The third-order valence-electron chi connectivity index (χ3n) is 3.36. The standard InChI is InChI=1S/C16H16F3NO2/c1-3-22-15(21)10-13-8-9-14(20(13)2)11-4-6-12(7-5-11)16(17,18)19/h4-9H,3,10H2,1-2H3. The van der Waals surface area contributed by atoms with Gasteiger partial charge in [-0.25, -0.2) is 0 Å². The second-order valence-electron chi connectivity index (χ2n) is 4.83. The van der Waals surface area contributed by atoms with Gasteiger partial charge in [-0.1, -0.05) is 12.1 Å². The molecular formula is C16H16F3NO2. The van der Waals surface area contributed by atoms with Crippen LogP contribution >= 0.6 is 0 Å². The van der Waals surface area contributed by atoms with E-state index in [2.05, 4.69) is 0 Å². The van der Waals surface area contributed by atoms with Crippen LogP contribution in [0.1, 0.15) is 18.2 Å². The highest BCUT2D eigenvalue weighted by atomic mass is 19.4. The van der Waals surface area contributed by atoms with E-state index in [4.69, 9.17) is 4.74 Å². The number of aromatic nitrogens is 1. The Morgan fingerprint density at radius 3 is 2.32 bits per heavy atom. The lowest BCUT2D eigenvalue weighted by atomic mass is 10.1. The quantitative estimate of drug-likeness (QED) is 0.804. The zero-order valence-corrected chi connectivity index (χ0v) is 12.3. The molecule has 118 valence electrons. The molecule has 0 saturated heterocycles. The maximum absolute atomic E-state index is 12.6. The summed E-state index contributed by atoms with van der Waals surface area (Å²) in [5.41, 5.74) is 1.46. The van der Waals surface area contributed by atoms with Crippen molar-refractivity contribution in [1.82, 2.24) is 4.57 Å². The molecule has 1 aromatic carbocycles.